The van der Waals surface area contributed by atoms with Crippen molar-refractivity contribution in [2.24, 2.45) is 4.99 Å². The third kappa shape index (κ3) is 4.66. The van der Waals surface area contributed by atoms with Gasteiger partial charge in [-0.1, -0.05) is 29.5 Å². The van der Waals surface area contributed by atoms with E-state index >= 15 is 0 Å². The lowest BCUT2D eigenvalue weighted by Gasteiger charge is -2.25. The molecule has 3 aromatic rings. The molecule has 7 nitrogen and oxygen atoms in total. The molecule has 2 aromatic heterocycles. The minimum absolute atomic E-state index is 0.0400. The van der Waals surface area contributed by atoms with E-state index in [-0.39, 0.29) is 18.3 Å². The van der Waals surface area contributed by atoms with Crippen LogP contribution in [-0.4, -0.2) is 28.2 Å². The van der Waals surface area contributed by atoms with Crippen molar-refractivity contribution in [3.63, 3.8) is 0 Å². The Morgan fingerprint density at radius 2 is 2.00 bits per heavy atom. The van der Waals surface area contributed by atoms with Crippen LogP contribution < -0.4 is 19.6 Å². The largest absolute Gasteiger partial charge is 0.491 e. The zero-order valence-electron chi connectivity index (χ0n) is 18.9. The summed E-state index contributed by atoms with van der Waals surface area (Å²) in [4.78, 5) is 35.7. The number of esters is 1. The highest BCUT2D eigenvalue weighted by Crippen LogP contribution is 2.31. The quantitative estimate of drug-likeness (QED) is 0.525. The van der Waals surface area contributed by atoms with Gasteiger partial charge in [-0.2, -0.15) is 0 Å². The SMILES string of the molecule is CCOC(=O)C1=C(C)N=c2s/c(=C\c3cccnc3)c(=O)n2[C@H]1c1ccc(OC(C)C)cc1. The van der Waals surface area contributed by atoms with Crippen LogP contribution in [0.5, 0.6) is 5.75 Å². The molecule has 1 aliphatic rings. The van der Waals surface area contributed by atoms with Crippen molar-refractivity contribution in [1.29, 1.82) is 0 Å². The molecule has 1 atom stereocenters. The summed E-state index contributed by atoms with van der Waals surface area (Å²) in [7, 11) is 0. The summed E-state index contributed by atoms with van der Waals surface area (Å²) in [6.07, 6.45) is 5.20. The standard InChI is InChI=1S/C25H25N3O4S/c1-5-31-24(30)21-16(4)27-25-28(22(21)18-8-10-19(11-9-18)32-15(2)3)23(29)20(33-25)13-17-7-6-12-26-14-17/h6-15,22H,5H2,1-4H3/b20-13-/t22-/m0/s1. The van der Waals surface area contributed by atoms with Gasteiger partial charge in [-0.25, -0.2) is 9.79 Å². The molecule has 8 heteroatoms. The monoisotopic (exact) mass is 463 g/mol. The highest BCUT2D eigenvalue weighted by atomic mass is 32.1. The van der Waals surface area contributed by atoms with E-state index in [1.165, 1.54) is 11.3 Å². The van der Waals surface area contributed by atoms with E-state index in [0.717, 1.165) is 16.9 Å². The summed E-state index contributed by atoms with van der Waals surface area (Å²) < 4.78 is 13.2. The Bertz CT molecular complexity index is 1370. The van der Waals surface area contributed by atoms with Gasteiger partial charge in [0.1, 0.15) is 5.75 Å². The molecule has 1 aliphatic heterocycles. The van der Waals surface area contributed by atoms with Crippen LogP contribution in [0.15, 0.2) is 69.8 Å². The maximum absolute atomic E-state index is 13.5. The first-order valence-electron chi connectivity index (χ1n) is 10.8. The fourth-order valence-electron chi connectivity index (χ4n) is 3.72. The van der Waals surface area contributed by atoms with E-state index in [9.17, 15) is 9.59 Å². The van der Waals surface area contributed by atoms with Crippen LogP contribution in [0.2, 0.25) is 0 Å². The first kappa shape index (κ1) is 22.7. The Labute approximate surface area is 195 Å². The number of fused-ring (bicyclic) bond motifs is 1. The Balaban J connectivity index is 1.90. The van der Waals surface area contributed by atoms with Crippen molar-refractivity contribution in [3.8, 4) is 5.75 Å². The van der Waals surface area contributed by atoms with Gasteiger partial charge in [0.25, 0.3) is 5.56 Å². The number of thiazole rings is 1. The molecule has 0 radical (unpaired) electrons. The average Bonchev–Trinajstić information content (AvgIpc) is 3.08. The third-order valence-electron chi connectivity index (χ3n) is 5.07. The van der Waals surface area contributed by atoms with Crippen molar-refractivity contribution in [2.75, 3.05) is 6.61 Å². The number of hydrogen-bond donors (Lipinski definition) is 0. The molecule has 170 valence electrons. The van der Waals surface area contributed by atoms with Crippen LogP contribution in [-0.2, 0) is 9.53 Å². The van der Waals surface area contributed by atoms with Crippen molar-refractivity contribution in [1.82, 2.24) is 9.55 Å². The zero-order chi connectivity index (χ0) is 23.5. The summed E-state index contributed by atoms with van der Waals surface area (Å²) >= 11 is 1.29. The van der Waals surface area contributed by atoms with Crippen LogP contribution in [0.4, 0.5) is 0 Å². The van der Waals surface area contributed by atoms with E-state index in [1.54, 1.807) is 36.9 Å². The lowest BCUT2D eigenvalue weighted by molar-refractivity contribution is -0.139. The molecule has 0 amide bonds. The van der Waals surface area contributed by atoms with Gasteiger partial charge in [0.15, 0.2) is 4.80 Å². The number of carbonyl (C=O) groups is 1. The van der Waals surface area contributed by atoms with Crippen LogP contribution in [0.1, 0.15) is 44.9 Å². The number of carbonyl (C=O) groups excluding carboxylic acids is 1. The van der Waals surface area contributed by atoms with Gasteiger partial charge < -0.3 is 9.47 Å². The number of pyridine rings is 1. The predicted octanol–water partition coefficient (Wildman–Crippen LogP) is 2.98. The first-order valence-corrected chi connectivity index (χ1v) is 11.6. The number of ether oxygens (including phenoxy) is 2. The second kappa shape index (κ2) is 9.54. The van der Waals surface area contributed by atoms with Crippen LogP contribution in [0.3, 0.4) is 0 Å². The number of nitrogens with zero attached hydrogens (tertiary/aromatic N) is 3. The van der Waals surface area contributed by atoms with E-state index in [4.69, 9.17) is 9.47 Å². The van der Waals surface area contributed by atoms with Crippen molar-refractivity contribution < 1.29 is 14.3 Å². The maximum Gasteiger partial charge on any atom is 0.338 e. The number of allylic oxidation sites excluding steroid dienone is 1. The zero-order valence-corrected chi connectivity index (χ0v) is 19.8. The summed E-state index contributed by atoms with van der Waals surface area (Å²) in [6.45, 7) is 7.67. The number of benzene rings is 1. The van der Waals surface area contributed by atoms with E-state index in [2.05, 4.69) is 9.98 Å². The number of rotatable bonds is 6. The fourth-order valence-corrected chi connectivity index (χ4v) is 4.77. The van der Waals surface area contributed by atoms with E-state index < -0.39 is 12.0 Å². The Morgan fingerprint density at radius 3 is 2.64 bits per heavy atom. The molecular weight excluding hydrogens is 438 g/mol. The van der Waals surface area contributed by atoms with Gasteiger partial charge in [-0.05, 0) is 63.1 Å². The van der Waals surface area contributed by atoms with Crippen molar-refractivity contribution in [2.45, 2.75) is 39.8 Å². The third-order valence-corrected chi connectivity index (χ3v) is 6.05. The van der Waals surface area contributed by atoms with E-state index in [1.807, 2.05) is 50.2 Å². The maximum atomic E-state index is 13.5. The second-order valence-electron chi connectivity index (χ2n) is 7.82. The normalized spacial score (nSPS) is 15.9. The molecule has 0 N–H and O–H groups in total. The molecular formula is C25H25N3O4S. The predicted molar refractivity (Wildman–Crippen MR) is 127 cm³/mol. The summed E-state index contributed by atoms with van der Waals surface area (Å²) in [5, 5.41) is 0. The molecule has 4 rings (SSSR count). The lowest BCUT2D eigenvalue weighted by Crippen LogP contribution is -2.39. The minimum atomic E-state index is -0.649. The second-order valence-corrected chi connectivity index (χ2v) is 8.83. The van der Waals surface area contributed by atoms with Gasteiger partial charge in [0, 0.05) is 12.4 Å². The topological polar surface area (TPSA) is 82.8 Å². The van der Waals surface area contributed by atoms with E-state index in [0.29, 0.717) is 20.6 Å². The molecule has 3 heterocycles. The molecule has 33 heavy (non-hydrogen) atoms. The Kier molecular flexibility index (Phi) is 6.55. The molecule has 0 saturated carbocycles. The van der Waals surface area contributed by atoms with Crippen molar-refractivity contribution >= 4 is 23.4 Å². The molecule has 1 aromatic carbocycles. The van der Waals surface area contributed by atoms with Crippen LogP contribution in [0.25, 0.3) is 6.08 Å². The highest BCUT2D eigenvalue weighted by molar-refractivity contribution is 7.07. The van der Waals surface area contributed by atoms with Gasteiger partial charge in [0.05, 0.1) is 34.6 Å². The van der Waals surface area contributed by atoms with Gasteiger partial charge >= 0.3 is 5.97 Å². The van der Waals surface area contributed by atoms with Gasteiger partial charge in [-0.3, -0.25) is 14.3 Å². The van der Waals surface area contributed by atoms with Gasteiger partial charge in [0.2, 0.25) is 0 Å². The summed E-state index contributed by atoms with van der Waals surface area (Å²) in [5.41, 5.74) is 2.27. The molecule has 0 bridgehead atoms. The smallest absolute Gasteiger partial charge is 0.338 e. The molecule has 0 aliphatic carbocycles. The first-order chi connectivity index (χ1) is 15.9. The molecule has 0 spiro atoms. The minimum Gasteiger partial charge on any atom is -0.491 e. The Hall–Kier alpha value is -3.52. The molecule has 0 saturated heterocycles. The molecule has 0 unspecified atom stereocenters. The Morgan fingerprint density at radius 1 is 1.24 bits per heavy atom. The lowest BCUT2D eigenvalue weighted by atomic mass is 9.96. The number of aromatic nitrogens is 2. The highest BCUT2D eigenvalue weighted by Gasteiger charge is 2.33. The average molecular weight is 464 g/mol. The summed E-state index contributed by atoms with van der Waals surface area (Å²) in [6, 6.07) is 10.5. The fraction of sp³-hybridized carbons (Fsp3) is 0.280. The van der Waals surface area contributed by atoms with Gasteiger partial charge in [-0.15, -0.1) is 0 Å². The van der Waals surface area contributed by atoms with Crippen LogP contribution >= 0.6 is 11.3 Å². The van der Waals surface area contributed by atoms with Crippen molar-refractivity contribution in [3.05, 3.63) is 90.9 Å². The number of hydrogen-bond acceptors (Lipinski definition) is 7. The molecule has 0 fully saturated rings. The van der Waals surface area contributed by atoms with Crippen LogP contribution in [0, 0.1) is 0 Å². The summed E-state index contributed by atoms with van der Waals surface area (Å²) in [5.74, 6) is 0.240.